The van der Waals surface area contributed by atoms with Gasteiger partial charge in [-0.1, -0.05) is 30.3 Å². The van der Waals surface area contributed by atoms with Crippen molar-refractivity contribution in [2.45, 2.75) is 6.10 Å². The van der Waals surface area contributed by atoms with Crippen molar-refractivity contribution in [1.29, 1.82) is 0 Å². The van der Waals surface area contributed by atoms with E-state index in [4.69, 9.17) is 4.74 Å². The number of esters is 1. The molecule has 0 unspecified atom stereocenters. The molecular weight excluding hydrogens is 371 g/mol. The van der Waals surface area contributed by atoms with Gasteiger partial charge in [-0.15, -0.1) is 0 Å². The van der Waals surface area contributed by atoms with Gasteiger partial charge in [0.1, 0.15) is 5.82 Å². The normalized spacial score (nSPS) is 11.4. The molecule has 3 rings (SSSR count). The van der Waals surface area contributed by atoms with E-state index in [0.29, 0.717) is 16.8 Å². The zero-order chi connectivity index (χ0) is 20.8. The number of rotatable bonds is 6. The highest BCUT2D eigenvalue weighted by molar-refractivity contribution is 5.98. The van der Waals surface area contributed by atoms with Gasteiger partial charge in [0.2, 0.25) is 6.10 Å². The third-order valence-electron chi connectivity index (χ3n) is 4.30. The van der Waals surface area contributed by atoms with Crippen LogP contribution in [0, 0.1) is 5.82 Å². The molecule has 3 aromatic rings. The molecule has 0 heterocycles. The molecule has 0 saturated carbocycles. The monoisotopic (exact) mass is 392 g/mol. The van der Waals surface area contributed by atoms with Gasteiger partial charge in [0.15, 0.2) is 0 Å². The molecule has 1 N–H and O–H groups in total. The summed E-state index contributed by atoms with van der Waals surface area (Å²) in [6.07, 6.45) is -1.15. The first-order chi connectivity index (χ1) is 13.9. The zero-order valence-electron chi connectivity index (χ0n) is 16.1. The molecule has 0 saturated heterocycles. The highest BCUT2D eigenvalue weighted by Gasteiger charge is 2.26. The lowest BCUT2D eigenvalue weighted by molar-refractivity contribution is -0.125. The van der Waals surface area contributed by atoms with Gasteiger partial charge < -0.3 is 15.0 Å². The van der Waals surface area contributed by atoms with Crippen molar-refractivity contribution in [2.24, 2.45) is 0 Å². The number of carbonyl (C=O) groups is 2. The molecule has 3 aromatic carbocycles. The number of benzene rings is 3. The molecule has 6 heteroatoms. The third-order valence-corrected chi connectivity index (χ3v) is 4.30. The van der Waals surface area contributed by atoms with Crippen LogP contribution in [0.2, 0.25) is 0 Å². The number of ether oxygens (including phenoxy) is 1. The molecule has 0 spiro atoms. The Kier molecular flexibility index (Phi) is 6.24. The summed E-state index contributed by atoms with van der Waals surface area (Å²) in [4.78, 5) is 27.4. The van der Waals surface area contributed by atoms with E-state index in [-0.39, 0.29) is 0 Å². The van der Waals surface area contributed by atoms with Crippen molar-refractivity contribution in [3.8, 4) is 0 Å². The Bertz CT molecular complexity index is 971. The number of nitrogens with zero attached hydrogens (tertiary/aromatic N) is 1. The van der Waals surface area contributed by atoms with Crippen LogP contribution in [0.1, 0.15) is 22.0 Å². The van der Waals surface area contributed by atoms with Crippen molar-refractivity contribution >= 4 is 23.3 Å². The van der Waals surface area contributed by atoms with Crippen LogP contribution in [0.3, 0.4) is 0 Å². The average molecular weight is 392 g/mol. The van der Waals surface area contributed by atoms with Crippen molar-refractivity contribution in [1.82, 2.24) is 0 Å². The second-order valence-electron chi connectivity index (χ2n) is 6.63. The average Bonchev–Trinajstić information content (AvgIpc) is 2.74. The first kappa shape index (κ1) is 20.1. The van der Waals surface area contributed by atoms with E-state index in [1.807, 2.05) is 19.0 Å². The minimum Gasteiger partial charge on any atom is -0.444 e. The molecule has 29 heavy (non-hydrogen) atoms. The van der Waals surface area contributed by atoms with Gasteiger partial charge in [-0.3, -0.25) is 4.79 Å². The SMILES string of the molecule is CN(C)c1ccc(C(=O)O[C@H](C(=O)Nc2ccc(F)cc2)c2ccccc2)cc1. The van der Waals surface area contributed by atoms with Crippen LogP contribution in [0.4, 0.5) is 15.8 Å². The van der Waals surface area contributed by atoms with Gasteiger partial charge in [0.25, 0.3) is 5.91 Å². The van der Waals surface area contributed by atoms with Crippen LogP contribution in [0.15, 0.2) is 78.9 Å². The second kappa shape index (κ2) is 9.01. The minimum atomic E-state index is -1.15. The van der Waals surface area contributed by atoms with Gasteiger partial charge >= 0.3 is 5.97 Å². The maximum atomic E-state index is 13.1. The second-order valence-corrected chi connectivity index (χ2v) is 6.63. The van der Waals surface area contributed by atoms with Crippen molar-refractivity contribution in [3.05, 3.63) is 95.8 Å². The molecule has 0 aromatic heterocycles. The number of halogens is 1. The fraction of sp³-hybridized carbons (Fsp3) is 0.130. The van der Waals surface area contributed by atoms with Crippen LogP contribution < -0.4 is 10.2 Å². The molecule has 0 fully saturated rings. The fourth-order valence-electron chi connectivity index (χ4n) is 2.71. The molecule has 0 aliphatic heterocycles. The number of carbonyl (C=O) groups excluding carboxylic acids is 2. The first-order valence-electron chi connectivity index (χ1n) is 9.04. The van der Waals surface area contributed by atoms with Crippen LogP contribution in [0.5, 0.6) is 0 Å². The van der Waals surface area contributed by atoms with Gasteiger partial charge in [-0.2, -0.15) is 0 Å². The van der Waals surface area contributed by atoms with E-state index >= 15 is 0 Å². The number of hydrogen-bond donors (Lipinski definition) is 1. The molecule has 148 valence electrons. The van der Waals surface area contributed by atoms with E-state index < -0.39 is 23.8 Å². The Morgan fingerprint density at radius 3 is 2.10 bits per heavy atom. The van der Waals surface area contributed by atoms with E-state index in [0.717, 1.165) is 5.69 Å². The molecule has 1 atom stereocenters. The Hall–Kier alpha value is -3.67. The molecule has 0 radical (unpaired) electrons. The predicted molar refractivity (Wildman–Crippen MR) is 110 cm³/mol. The lowest BCUT2D eigenvalue weighted by atomic mass is 10.1. The minimum absolute atomic E-state index is 0.339. The Labute approximate surface area is 168 Å². The topological polar surface area (TPSA) is 58.6 Å². The molecule has 1 amide bonds. The van der Waals surface area contributed by atoms with Crippen LogP contribution in [0.25, 0.3) is 0 Å². The Morgan fingerprint density at radius 2 is 1.52 bits per heavy atom. The molecule has 0 aliphatic carbocycles. The first-order valence-corrected chi connectivity index (χ1v) is 9.04. The van der Waals surface area contributed by atoms with Gasteiger partial charge in [0, 0.05) is 31.0 Å². The van der Waals surface area contributed by atoms with E-state index in [1.54, 1.807) is 54.6 Å². The van der Waals surface area contributed by atoms with Crippen LogP contribution >= 0.6 is 0 Å². The summed E-state index contributed by atoms with van der Waals surface area (Å²) in [5.74, 6) is -1.55. The van der Waals surface area contributed by atoms with Gasteiger partial charge in [-0.05, 0) is 48.5 Å². The summed E-state index contributed by atoms with van der Waals surface area (Å²) in [6, 6.07) is 21.0. The maximum Gasteiger partial charge on any atom is 0.339 e. The summed E-state index contributed by atoms with van der Waals surface area (Å²) >= 11 is 0. The summed E-state index contributed by atoms with van der Waals surface area (Å²) in [7, 11) is 3.80. The standard InChI is InChI=1S/C23H21FN2O3/c1-26(2)20-14-8-17(9-15-20)23(28)29-21(16-6-4-3-5-7-16)22(27)25-19-12-10-18(24)11-13-19/h3-15,21H,1-2H3,(H,25,27)/t21-/m0/s1. The molecule has 0 aliphatic rings. The fourth-order valence-corrected chi connectivity index (χ4v) is 2.71. The number of hydrogen-bond acceptors (Lipinski definition) is 4. The van der Waals surface area contributed by atoms with Crippen LogP contribution in [-0.4, -0.2) is 26.0 Å². The highest BCUT2D eigenvalue weighted by atomic mass is 19.1. The zero-order valence-corrected chi connectivity index (χ0v) is 16.1. The van der Waals surface area contributed by atoms with E-state index in [2.05, 4.69) is 5.32 Å². The summed E-state index contributed by atoms with van der Waals surface area (Å²) in [5.41, 5.74) is 2.22. The summed E-state index contributed by atoms with van der Waals surface area (Å²) < 4.78 is 18.6. The van der Waals surface area contributed by atoms with Crippen molar-refractivity contribution < 1.29 is 18.7 Å². The molecule has 0 bridgehead atoms. The maximum absolute atomic E-state index is 13.1. The van der Waals surface area contributed by atoms with E-state index in [9.17, 15) is 14.0 Å². The summed E-state index contributed by atoms with van der Waals surface area (Å²) in [5, 5.41) is 2.66. The third kappa shape index (κ3) is 5.19. The van der Waals surface area contributed by atoms with Gasteiger partial charge in [0.05, 0.1) is 5.56 Å². The lowest BCUT2D eigenvalue weighted by Crippen LogP contribution is -2.26. The Balaban J connectivity index is 1.81. The van der Waals surface area contributed by atoms with Gasteiger partial charge in [-0.25, -0.2) is 9.18 Å². The van der Waals surface area contributed by atoms with Crippen molar-refractivity contribution in [3.63, 3.8) is 0 Å². The number of nitrogens with one attached hydrogen (secondary N) is 1. The predicted octanol–water partition coefficient (Wildman–Crippen LogP) is 4.43. The number of amides is 1. The number of anilines is 2. The molecule has 5 nitrogen and oxygen atoms in total. The van der Waals surface area contributed by atoms with E-state index in [1.165, 1.54) is 24.3 Å². The largest absolute Gasteiger partial charge is 0.444 e. The van der Waals surface area contributed by atoms with Crippen LogP contribution in [-0.2, 0) is 9.53 Å². The smallest absolute Gasteiger partial charge is 0.339 e. The summed E-state index contributed by atoms with van der Waals surface area (Å²) in [6.45, 7) is 0. The quantitative estimate of drug-likeness (QED) is 0.631. The Morgan fingerprint density at radius 1 is 0.897 bits per heavy atom. The van der Waals surface area contributed by atoms with Crippen molar-refractivity contribution in [2.75, 3.05) is 24.3 Å². The highest BCUT2D eigenvalue weighted by Crippen LogP contribution is 2.22. The lowest BCUT2D eigenvalue weighted by Gasteiger charge is -2.18. The molecular formula is C23H21FN2O3.